The standard InChI is InChI=1S/C21H17BrN2O6S/c1-12-4-2-3-5-15(12)23-18(25)10-24-20(28)17(31-21(24)29)9-13-8-14(22)6-7-16(13)30-11-19(26)27/h2-9H,10-11H2,1H3,(H,23,25)(H,26,27)/b17-9-. The van der Waals surface area contributed by atoms with Crippen LogP contribution in [0, 0.1) is 6.92 Å². The van der Waals surface area contributed by atoms with Gasteiger partial charge in [0.25, 0.3) is 11.1 Å². The molecule has 3 rings (SSSR count). The number of carboxylic acids is 1. The molecule has 0 radical (unpaired) electrons. The molecule has 31 heavy (non-hydrogen) atoms. The summed E-state index contributed by atoms with van der Waals surface area (Å²) in [5.74, 6) is -2.01. The SMILES string of the molecule is Cc1ccccc1NC(=O)CN1C(=O)S/C(=C\c2cc(Br)ccc2OCC(=O)O)C1=O. The van der Waals surface area contributed by atoms with Gasteiger partial charge in [0, 0.05) is 15.7 Å². The Morgan fingerprint density at radius 1 is 1.23 bits per heavy atom. The number of hydrogen-bond donors (Lipinski definition) is 2. The van der Waals surface area contributed by atoms with Crippen LogP contribution in [-0.4, -0.2) is 46.2 Å². The fourth-order valence-electron chi connectivity index (χ4n) is 2.73. The van der Waals surface area contributed by atoms with Crippen molar-refractivity contribution in [3.63, 3.8) is 0 Å². The van der Waals surface area contributed by atoms with Crippen molar-refractivity contribution < 1.29 is 29.0 Å². The Bertz CT molecular complexity index is 1100. The maximum Gasteiger partial charge on any atom is 0.341 e. The van der Waals surface area contributed by atoms with Crippen LogP contribution in [0.2, 0.25) is 0 Å². The topological polar surface area (TPSA) is 113 Å². The molecule has 2 aromatic carbocycles. The summed E-state index contributed by atoms with van der Waals surface area (Å²) in [6, 6.07) is 12.0. The molecule has 0 spiro atoms. The molecular formula is C21H17BrN2O6S. The van der Waals surface area contributed by atoms with E-state index in [0.29, 0.717) is 27.5 Å². The molecule has 160 valence electrons. The molecular weight excluding hydrogens is 488 g/mol. The number of imide groups is 1. The number of thioether (sulfide) groups is 1. The average molecular weight is 505 g/mol. The van der Waals surface area contributed by atoms with Crippen molar-refractivity contribution in [2.75, 3.05) is 18.5 Å². The molecule has 0 aliphatic carbocycles. The van der Waals surface area contributed by atoms with Gasteiger partial charge < -0.3 is 15.2 Å². The number of halogens is 1. The number of nitrogens with one attached hydrogen (secondary N) is 1. The maximum absolute atomic E-state index is 12.7. The number of aliphatic carboxylic acids is 1. The minimum Gasteiger partial charge on any atom is -0.481 e. The molecule has 2 N–H and O–H groups in total. The summed E-state index contributed by atoms with van der Waals surface area (Å²) >= 11 is 4.01. The molecule has 2 aromatic rings. The van der Waals surface area contributed by atoms with Crippen LogP contribution < -0.4 is 10.1 Å². The summed E-state index contributed by atoms with van der Waals surface area (Å²) in [5.41, 5.74) is 1.88. The predicted molar refractivity (Wildman–Crippen MR) is 120 cm³/mol. The van der Waals surface area contributed by atoms with E-state index >= 15 is 0 Å². The zero-order chi connectivity index (χ0) is 22.5. The maximum atomic E-state index is 12.7. The van der Waals surface area contributed by atoms with Gasteiger partial charge in [-0.15, -0.1) is 0 Å². The number of benzene rings is 2. The Balaban J connectivity index is 1.76. The molecule has 3 amide bonds. The van der Waals surface area contributed by atoms with Crippen LogP contribution in [0.4, 0.5) is 10.5 Å². The minimum absolute atomic E-state index is 0.104. The lowest BCUT2D eigenvalue weighted by molar-refractivity contribution is -0.139. The van der Waals surface area contributed by atoms with Crippen LogP contribution >= 0.6 is 27.7 Å². The lowest BCUT2D eigenvalue weighted by Gasteiger charge is -2.13. The largest absolute Gasteiger partial charge is 0.481 e. The normalized spacial score (nSPS) is 14.8. The van der Waals surface area contributed by atoms with Crippen molar-refractivity contribution in [1.82, 2.24) is 4.90 Å². The predicted octanol–water partition coefficient (Wildman–Crippen LogP) is 3.90. The van der Waals surface area contributed by atoms with Gasteiger partial charge in [-0.25, -0.2) is 4.79 Å². The van der Waals surface area contributed by atoms with E-state index in [1.54, 1.807) is 30.3 Å². The molecule has 1 aliphatic rings. The molecule has 0 atom stereocenters. The molecule has 0 aromatic heterocycles. The highest BCUT2D eigenvalue weighted by atomic mass is 79.9. The number of aryl methyl sites for hydroxylation is 1. The van der Waals surface area contributed by atoms with Gasteiger partial charge in [-0.2, -0.15) is 0 Å². The third kappa shape index (κ3) is 5.74. The number of carboxylic acid groups (broad SMARTS) is 1. The fraction of sp³-hybridized carbons (Fsp3) is 0.143. The number of rotatable bonds is 7. The van der Waals surface area contributed by atoms with Gasteiger partial charge in [0.05, 0.1) is 4.91 Å². The number of hydrogen-bond acceptors (Lipinski definition) is 6. The van der Waals surface area contributed by atoms with E-state index in [2.05, 4.69) is 21.2 Å². The van der Waals surface area contributed by atoms with E-state index in [4.69, 9.17) is 9.84 Å². The molecule has 1 fully saturated rings. The number of ether oxygens (including phenoxy) is 1. The molecule has 1 aliphatic heterocycles. The van der Waals surface area contributed by atoms with Gasteiger partial charge >= 0.3 is 5.97 Å². The van der Waals surface area contributed by atoms with E-state index in [9.17, 15) is 19.2 Å². The van der Waals surface area contributed by atoms with Crippen LogP contribution in [0.1, 0.15) is 11.1 Å². The second-order valence-corrected chi connectivity index (χ2v) is 8.40. The smallest absolute Gasteiger partial charge is 0.341 e. The van der Waals surface area contributed by atoms with Crippen LogP contribution in [0.3, 0.4) is 0 Å². The fourth-order valence-corrected chi connectivity index (χ4v) is 3.94. The first kappa shape index (κ1) is 22.6. The summed E-state index contributed by atoms with van der Waals surface area (Å²) in [6.45, 7) is 0.862. The van der Waals surface area contributed by atoms with Crippen LogP contribution in [0.15, 0.2) is 51.8 Å². The Morgan fingerprint density at radius 2 is 1.97 bits per heavy atom. The minimum atomic E-state index is -1.14. The second kappa shape index (κ2) is 9.80. The molecule has 0 bridgehead atoms. The molecule has 10 heteroatoms. The molecule has 1 saturated heterocycles. The zero-order valence-corrected chi connectivity index (χ0v) is 18.7. The summed E-state index contributed by atoms with van der Waals surface area (Å²) in [5, 5.41) is 10.9. The van der Waals surface area contributed by atoms with Gasteiger partial charge in [0.1, 0.15) is 12.3 Å². The third-order valence-corrected chi connectivity index (χ3v) is 5.60. The monoisotopic (exact) mass is 504 g/mol. The van der Waals surface area contributed by atoms with Gasteiger partial charge in [0.2, 0.25) is 5.91 Å². The van der Waals surface area contributed by atoms with E-state index < -0.39 is 36.2 Å². The van der Waals surface area contributed by atoms with E-state index in [-0.39, 0.29) is 10.7 Å². The van der Waals surface area contributed by atoms with E-state index in [1.165, 1.54) is 6.08 Å². The van der Waals surface area contributed by atoms with Gasteiger partial charge in [-0.05, 0) is 54.6 Å². The van der Waals surface area contributed by atoms with Crippen LogP contribution in [0.5, 0.6) is 5.75 Å². The molecule has 8 nitrogen and oxygen atoms in total. The summed E-state index contributed by atoms with van der Waals surface area (Å²) in [6.07, 6.45) is 1.44. The van der Waals surface area contributed by atoms with Crippen molar-refractivity contribution in [3.05, 3.63) is 63.0 Å². The van der Waals surface area contributed by atoms with Gasteiger partial charge in [-0.3, -0.25) is 19.3 Å². The van der Waals surface area contributed by atoms with Crippen molar-refractivity contribution in [3.8, 4) is 5.75 Å². The highest BCUT2D eigenvalue weighted by Gasteiger charge is 2.36. The first-order valence-electron chi connectivity index (χ1n) is 8.99. The van der Waals surface area contributed by atoms with Gasteiger partial charge in [0.15, 0.2) is 6.61 Å². The molecule has 0 saturated carbocycles. The average Bonchev–Trinajstić information content (AvgIpc) is 2.96. The number of carbonyl (C=O) groups is 4. The number of anilines is 1. The highest BCUT2D eigenvalue weighted by molar-refractivity contribution is 9.10. The Hall–Kier alpha value is -3.11. The van der Waals surface area contributed by atoms with Crippen molar-refractivity contribution in [2.24, 2.45) is 0 Å². The lowest BCUT2D eigenvalue weighted by atomic mass is 10.2. The quantitative estimate of drug-likeness (QED) is 0.549. The van der Waals surface area contributed by atoms with E-state index in [0.717, 1.165) is 10.5 Å². The molecule has 1 heterocycles. The lowest BCUT2D eigenvalue weighted by Crippen LogP contribution is -2.36. The Kier molecular flexibility index (Phi) is 7.13. The number of nitrogens with zero attached hydrogens (tertiary/aromatic N) is 1. The highest BCUT2D eigenvalue weighted by Crippen LogP contribution is 2.34. The third-order valence-electron chi connectivity index (χ3n) is 4.20. The van der Waals surface area contributed by atoms with Crippen LogP contribution in [0.25, 0.3) is 6.08 Å². The van der Waals surface area contributed by atoms with E-state index in [1.807, 2.05) is 19.1 Å². The Labute approximate surface area is 190 Å². The van der Waals surface area contributed by atoms with Gasteiger partial charge in [-0.1, -0.05) is 34.1 Å². The zero-order valence-electron chi connectivity index (χ0n) is 16.3. The number of carbonyl (C=O) groups excluding carboxylic acids is 3. The number of para-hydroxylation sites is 1. The second-order valence-electron chi connectivity index (χ2n) is 6.50. The van der Waals surface area contributed by atoms with Crippen molar-refractivity contribution in [2.45, 2.75) is 6.92 Å². The van der Waals surface area contributed by atoms with Crippen molar-refractivity contribution >= 4 is 62.5 Å². The first-order valence-corrected chi connectivity index (χ1v) is 10.6. The first-order chi connectivity index (χ1) is 14.7. The van der Waals surface area contributed by atoms with Crippen LogP contribution in [-0.2, 0) is 14.4 Å². The molecule has 0 unspecified atom stereocenters. The number of amides is 3. The Morgan fingerprint density at radius 3 is 2.68 bits per heavy atom. The summed E-state index contributed by atoms with van der Waals surface area (Å²) < 4.78 is 5.93. The summed E-state index contributed by atoms with van der Waals surface area (Å²) in [7, 11) is 0. The summed E-state index contributed by atoms with van der Waals surface area (Å²) in [4.78, 5) is 49.2. The van der Waals surface area contributed by atoms with Crippen molar-refractivity contribution in [1.29, 1.82) is 0 Å².